The second-order valence-electron chi connectivity index (χ2n) is 7.71. The van der Waals surface area contributed by atoms with Crippen LogP contribution in [0.4, 0.5) is 11.4 Å². The van der Waals surface area contributed by atoms with Crippen LogP contribution < -0.4 is 10.2 Å². The maximum absolute atomic E-state index is 13.1. The molecular weight excluding hydrogens is 402 g/mol. The molecule has 160 valence electrons. The van der Waals surface area contributed by atoms with Gasteiger partial charge in [-0.1, -0.05) is 17.7 Å². The number of rotatable bonds is 5. The minimum absolute atomic E-state index is 0.187. The molecule has 0 unspecified atom stereocenters. The number of carbonyl (C=O) groups excluding carboxylic acids is 1. The molecule has 2 aromatic rings. The van der Waals surface area contributed by atoms with E-state index >= 15 is 0 Å². The molecule has 0 bridgehead atoms. The van der Waals surface area contributed by atoms with E-state index in [1.165, 1.54) is 4.31 Å². The number of ether oxygens (including phenoxy) is 1. The number of aryl methyl sites for hydroxylation is 1. The monoisotopic (exact) mass is 429 g/mol. The van der Waals surface area contributed by atoms with Crippen LogP contribution in [0.1, 0.15) is 28.8 Å². The third-order valence-corrected chi connectivity index (χ3v) is 7.48. The van der Waals surface area contributed by atoms with E-state index in [4.69, 9.17) is 4.74 Å². The molecule has 2 aliphatic heterocycles. The van der Waals surface area contributed by atoms with Crippen molar-refractivity contribution in [3.63, 3.8) is 0 Å². The van der Waals surface area contributed by atoms with Crippen molar-refractivity contribution in [3.8, 4) is 0 Å². The predicted octanol–water partition coefficient (Wildman–Crippen LogP) is 2.87. The first kappa shape index (κ1) is 20.8. The Morgan fingerprint density at radius 1 is 0.967 bits per heavy atom. The fraction of sp³-hybridized carbons (Fsp3) is 0.409. The lowest BCUT2D eigenvalue weighted by Crippen LogP contribution is -2.40. The van der Waals surface area contributed by atoms with Crippen LogP contribution in [-0.2, 0) is 14.8 Å². The van der Waals surface area contributed by atoms with Gasteiger partial charge >= 0.3 is 0 Å². The molecule has 8 heteroatoms. The van der Waals surface area contributed by atoms with Crippen LogP contribution in [0.25, 0.3) is 0 Å². The van der Waals surface area contributed by atoms with E-state index in [-0.39, 0.29) is 10.8 Å². The average Bonchev–Trinajstić information content (AvgIpc) is 3.29. The number of amides is 1. The van der Waals surface area contributed by atoms with Crippen LogP contribution in [0.5, 0.6) is 0 Å². The quantitative estimate of drug-likeness (QED) is 0.791. The molecule has 2 aliphatic rings. The van der Waals surface area contributed by atoms with E-state index in [0.29, 0.717) is 37.6 Å². The molecule has 0 atom stereocenters. The number of benzene rings is 2. The molecule has 2 saturated heterocycles. The first-order chi connectivity index (χ1) is 14.4. The van der Waals surface area contributed by atoms with Gasteiger partial charge in [0.15, 0.2) is 0 Å². The van der Waals surface area contributed by atoms with Crippen molar-refractivity contribution in [1.82, 2.24) is 4.31 Å². The van der Waals surface area contributed by atoms with Crippen LogP contribution in [0.3, 0.4) is 0 Å². The van der Waals surface area contributed by atoms with Gasteiger partial charge in [-0.2, -0.15) is 4.31 Å². The number of hydrogen-bond acceptors (Lipinski definition) is 5. The summed E-state index contributed by atoms with van der Waals surface area (Å²) >= 11 is 0. The average molecular weight is 430 g/mol. The Labute approximate surface area is 177 Å². The normalized spacial score (nSPS) is 17.8. The molecule has 2 aromatic carbocycles. The van der Waals surface area contributed by atoms with Gasteiger partial charge in [-0.15, -0.1) is 0 Å². The minimum Gasteiger partial charge on any atom is -0.379 e. The second-order valence-corrected chi connectivity index (χ2v) is 9.65. The molecule has 0 spiro atoms. The number of anilines is 2. The lowest BCUT2D eigenvalue weighted by atomic mass is 10.1. The van der Waals surface area contributed by atoms with Crippen LogP contribution in [0, 0.1) is 6.92 Å². The van der Waals surface area contributed by atoms with Gasteiger partial charge in [-0.25, -0.2) is 8.42 Å². The standard InChI is InChI=1S/C22H27N3O4S/c1-17-4-6-18(7-5-17)22(26)23-20-16-19(8-9-21(20)24-10-2-3-11-24)30(27,28)25-12-14-29-15-13-25/h4-9,16H,2-3,10-15H2,1H3,(H,23,26). The number of carbonyl (C=O) groups is 1. The maximum Gasteiger partial charge on any atom is 0.255 e. The Morgan fingerprint density at radius 2 is 1.63 bits per heavy atom. The fourth-order valence-corrected chi connectivity index (χ4v) is 5.28. The molecule has 2 fully saturated rings. The lowest BCUT2D eigenvalue weighted by molar-refractivity contribution is 0.0730. The van der Waals surface area contributed by atoms with Crippen molar-refractivity contribution >= 4 is 27.3 Å². The van der Waals surface area contributed by atoms with Gasteiger partial charge in [0.2, 0.25) is 10.0 Å². The van der Waals surface area contributed by atoms with Gasteiger partial charge in [-0.3, -0.25) is 4.79 Å². The minimum atomic E-state index is -3.65. The highest BCUT2D eigenvalue weighted by atomic mass is 32.2. The number of sulfonamides is 1. The van der Waals surface area contributed by atoms with Crippen LogP contribution in [-0.4, -0.2) is 58.0 Å². The topological polar surface area (TPSA) is 79.0 Å². The first-order valence-electron chi connectivity index (χ1n) is 10.3. The maximum atomic E-state index is 13.1. The highest BCUT2D eigenvalue weighted by Crippen LogP contribution is 2.33. The Morgan fingerprint density at radius 3 is 2.30 bits per heavy atom. The van der Waals surface area contributed by atoms with Gasteiger partial charge in [-0.05, 0) is 50.1 Å². The SMILES string of the molecule is Cc1ccc(C(=O)Nc2cc(S(=O)(=O)N3CCOCC3)ccc2N2CCCC2)cc1. The van der Waals surface area contributed by atoms with Gasteiger partial charge < -0.3 is 15.0 Å². The third-order valence-electron chi connectivity index (χ3n) is 5.58. The highest BCUT2D eigenvalue weighted by molar-refractivity contribution is 7.89. The number of morpholine rings is 1. The smallest absolute Gasteiger partial charge is 0.255 e. The molecule has 2 heterocycles. The van der Waals surface area contributed by atoms with E-state index < -0.39 is 10.0 Å². The van der Waals surface area contributed by atoms with Gasteiger partial charge in [0.25, 0.3) is 5.91 Å². The molecule has 4 rings (SSSR count). The van der Waals surface area contributed by atoms with Gasteiger partial charge in [0.05, 0.1) is 29.5 Å². The Hall–Kier alpha value is -2.42. The number of nitrogens with zero attached hydrogens (tertiary/aromatic N) is 2. The largest absolute Gasteiger partial charge is 0.379 e. The summed E-state index contributed by atoms with van der Waals surface area (Å²) in [7, 11) is -3.65. The summed E-state index contributed by atoms with van der Waals surface area (Å²) < 4.78 is 32.9. The molecule has 0 aliphatic carbocycles. The summed E-state index contributed by atoms with van der Waals surface area (Å²) in [5.74, 6) is -0.253. The molecule has 30 heavy (non-hydrogen) atoms. The second kappa shape index (κ2) is 8.75. The van der Waals surface area contributed by atoms with Crippen molar-refractivity contribution in [1.29, 1.82) is 0 Å². The van der Waals surface area contributed by atoms with E-state index in [1.807, 2.05) is 25.1 Å². The molecule has 7 nitrogen and oxygen atoms in total. The van der Waals surface area contributed by atoms with E-state index in [1.54, 1.807) is 24.3 Å². The molecule has 0 aromatic heterocycles. The molecule has 0 saturated carbocycles. The Kier molecular flexibility index (Phi) is 6.08. The zero-order valence-electron chi connectivity index (χ0n) is 17.1. The molecule has 1 N–H and O–H groups in total. The summed E-state index contributed by atoms with van der Waals surface area (Å²) in [5, 5.41) is 2.95. The number of hydrogen-bond donors (Lipinski definition) is 1. The van der Waals surface area contributed by atoms with Gasteiger partial charge in [0.1, 0.15) is 0 Å². The van der Waals surface area contributed by atoms with E-state index in [0.717, 1.165) is 37.2 Å². The van der Waals surface area contributed by atoms with E-state index in [2.05, 4.69) is 10.2 Å². The Bertz CT molecular complexity index is 1010. The van der Waals surface area contributed by atoms with Crippen LogP contribution in [0.15, 0.2) is 47.4 Å². The van der Waals surface area contributed by atoms with Crippen molar-refractivity contribution in [2.24, 2.45) is 0 Å². The van der Waals surface area contributed by atoms with Crippen LogP contribution >= 0.6 is 0 Å². The molecule has 1 amide bonds. The van der Waals surface area contributed by atoms with Crippen molar-refractivity contribution in [2.45, 2.75) is 24.7 Å². The van der Waals surface area contributed by atoms with Crippen LogP contribution in [0.2, 0.25) is 0 Å². The van der Waals surface area contributed by atoms with Gasteiger partial charge in [0, 0.05) is 31.7 Å². The molecule has 0 radical (unpaired) electrons. The predicted molar refractivity (Wildman–Crippen MR) is 117 cm³/mol. The first-order valence-corrected chi connectivity index (χ1v) is 11.7. The zero-order chi connectivity index (χ0) is 21.1. The summed E-state index contributed by atoms with van der Waals surface area (Å²) in [6.45, 7) is 5.20. The number of nitrogens with one attached hydrogen (secondary N) is 1. The summed E-state index contributed by atoms with van der Waals surface area (Å²) in [6.07, 6.45) is 2.17. The third kappa shape index (κ3) is 4.35. The van der Waals surface area contributed by atoms with Crippen molar-refractivity contribution in [2.75, 3.05) is 49.6 Å². The summed E-state index contributed by atoms with van der Waals surface area (Å²) in [6, 6.07) is 12.3. The van der Waals surface area contributed by atoms with Crippen molar-refractivity contribution < 1.29 is 17.9 Å². The highest BCUT2D eigenvalue weighted by Gasteiger charge is 2.28. The zero-order valence-corrected chi connectivity index (χ0v) is 18.0. The van der Waals surface area contributed by atoms with Crippen molar-refractivity contribution in [3.05, 3.63) is 53.6 Å². The summed E-state index contributed by atoms with van der Waals surface area (Å²) in [5.41, 5.74) is 2.99. The van der Waals surface area contributed by atoms with E-state index in [9.17, 15) is 13.2 Å². The summed E-state index contributed by atoms with van der Waals surface area (Å²) in [4.78, 5) is 15.2. The fourth-order valence-electron chi connectivity index (χ4n) is 3.84. The Balaban J connectivity index is 1.67. The lowest BCUT2D eigenvalue weighted by Gasteiger charge is -2.27. The molecular formula is C22H27N3O4S.